The molecule has 2 N–H and O–H groups in total. The van der Waals surface area contributed by atoms with Crippen molar-refractivity contribution < 1.29 is 13.2 Å². The van der Waals surface area contributed by atoms with E-state index in [1.807, 2.05) is 18.2 Å². The van der Waals surface area contributed by atoms with Crippen LogP contribution in [0.1, 0.15) is 35.6 Å². The number of nitrogens with zero attached hydrogens (tertiary/aromatic N) is 1. The molecular formula is C17H18ClF3N2. The van der Waals surface area contributed by atoms with Crippen molar-refractivity contribution in [2.24, 2.45) is 5.73 Å². The maximum absolute atomic E-state index is 12.9. The fourth-order valence-electron chi connectivity index (χ4n) is 3.22. The monoisotopic (exact) mass is 342 g/mol. The van der Waals surface area contributed by atoms with Gasteiger partial charge in [-0.25, -0.2) is 0 Å². The highest BCUT2D eigenvalue weighted by Crippen LogP contribution is 2.38. The van der Waals surface area contributed by atoms with Crippen LogP contribution in [0.3, 0.4) is 0 Å². The highest BCUT2D eigenvalue weighted by Gasteiger charge is 2.32. The van der Waals surface area contributed by atoms with Gasteiger partial charge in [-0.2, -0.15) is 13.2 Å². The largest absolute Gasteiger partial charge is 0.433 e. The van der Waals surface area contributed by atoms with E-state index >= 15 is 0 Å². The van der Waals surface area contributed by atoms with Crippen LogP contribution in [0.25, 0.3) is 11.1 Å². The van der Waals surface area contributed by atoms with E-state index in [1.54, 1.807) is 6.07 Å². The van der Waals surface area contributed by atoms with Gasteiger partial charge in [0.05, 0.1) is 0 Å². The first-order chi connectivity index (χ1) is 10.5. The summed E-state index contributed by atoms with van der Waals surface area (Å²) in [4.78, 5) is 3.43. The number of benzene rings is 1. The van der Waals surface area contributed by atoms with Gasteiger partial charge in [0.2, 0.25) is 0 Å². The number of fused-ring (bicyclic) bond motifs is 1. The molecule has 0 aliphatic heterocycles. The molecule has 0 amide bonds. The minimum atomic E-state index is -4.43. The molecule has 6 heteroatoms. The number of hydrogen-bond donors (Lipinski definition) is 1. The molecule has 0 bridgehead atoms. The number of alkyl halides is 3. The zero-order valence-corrected chi connectivity index (χ0v) is 13.3. The van der Waals surface area contributed by atoms with Crippen molar-refractivity contribution in [2.45, 2.75) is 31.4 Å². The van der Waals surface area contributed by atoms with Gasteiger partial charge in [0.15, 0.2) is 0 Å². The van der Waals surface area contributed by atoms with Crippen LogP contribution in [0.2, 0.25) is 0 Å². The number of hydrogen-bond acceptors (Lipinski definition) is 2. The summed E-state index contributed by atoms with van der Waals surface area (Å²) in [5.74, 6) is 0.299. The Balaban J connectivity index is 0.00000192. The molecule has 0 saturated carbocycles. The van der Waals surface area contributed by atoms with Gasteiger partial charge in [-0.3, -0.25) is 4.98 Å². The standard InChI is InChI=1S/C17H17F3N2.ClH/c18-17(19,20)16-9-11(7-8-22-16)13-4-2-5-14-12(10-21)3-1-6-15(13)14;/h2,4-5,7-9,12H,1,3,6,10,21H2;1H. The van der Waals surface area contributed by atoms with Crippen molar-refractivity contribution in [3.8, 4) is 11.1 Å². The average Bonchev–Trinajstić information content (AvgIpc) is 2.53. The molecule has 1 aliphatic rings. The molecule has 1 heterocycles. The summed E-state index contributed by atoms with van der Waals surface area (Å²) in [6, 6.07) is 8.59. The minimum Gasteiger partial charge on any atom is -0.330 e. The number of pyridine rings is 1. The molecule has 124 valence electrons. The third-order valence-corrected chi connectivity index (χ3v) is 4.28. The average molecular weight is 343 g/mol. The van der Waals surface area contributed by atoms with E-state index in [1.165, 1.54) is 11.8 Å². The Labute approximate surface area is 139 Å². The molecule has 1 aromatic heterocycles. The number of aromatic nitrogens is 1. The third kappa shape index (κ3) is 3.51. The molecule has 23 heavy (non-hydrogen) atoms. The van der Waals surface area contributed by atoms with Crippen LogP contribution in [0.15, 0.2) is 36.5 Å². The van der Waals surface area contributed by atoms with E-state index in [9.17, 15) is 13.2 Å². The molecule has 1 aliphatic carbocycles. The van der Waals surface area contributed by atoms with E-state index in [2.05, 4.69) is 4.98 Å². The van der Waals surface area contributed by atoms with Crippen molar-refractivity contribution in [2.75, 3.05) is 6.54 Å². The lowest BCUT2D eigenvalue weighted by Crippen LogP contribution is -2.18. The second-order valence-electron chi connectivity index (χ2n) is 5.63. The first-order valence-electron chi connectivity index (χ1n) is 7.36. The lowest BCUT2D eigenvalue weighted by Gasteiger charge is -2.26. The summed E-state index contributed by atoms with van der Waals surface area (Å²) in [7, 11) is 0. The van der Waals surface area contributed by atoms with Crippen molar-refractivity contribution in [1.29, 1.82) is 0 Å². The van der Waals surface area contributed by atoms with Crippen LogP contribution in [0.4, 0.5) is 13.2 Å². The molecule has 1 aromatic carbocycles. The summed E-state index contributed by atoms with van der Waals surface area (Å²) < 4.78 is 38.6. The normalized spacial score (nSPS) is 17.3. The molecule has 2 nitrogen and oxygen atoms in total. The lowest BCUT2D eigenvalue weighted by molar-refractivity contribution is -0.141. The smallest absolute Gasteiger partial charge is 0.330 e. The highest BCUT2D eigenvalue weighted by atomic mass is 35.5. The number of halogens is 4. The van der Waals surface area contributed by atoms with Crippen molar-refractivity contribution in [3.63, 3.8) is 0 Å². The zero-order valence-electron chi connectivity index (χ0n) is 12.4. The molecule has 2 aromatic rings. The van der Waals surface area contributed by atoms with E-state index in [-0.39, 0.29) is 12.4 Å². The zero-order chi connectivity index (χ0) is 15.7. The molecule has 0 fully saturated rings. The van der Waals surface area contributed by atoms with Gasteiger partial charge in [0, 0.05) is 6.20 Å². The van der Waals surface area contributed by atoms with Gasteiger partial charge < -0.3 is 5.73 Å². The predicted molar refractivity (Wildman–Crippen MR) is 86.7 cm³/mol. The topological polar surface area (TPSA) is 38.9 Å². The van der Waals surface area contributed by atoms with Gasteiger partial charge in [-0.1, -0.05) is 18.2 Å². The van der Waals surface area contributed by atoms with Gasteiger partial charge in [-0.05, 0) is 66.1 Å². The Morgan fingerprint density at radius 2 is 2.00 bits per heavy atom. The maximum atomic E-state index is 12.9. The van der Waals surface area contributed by atoms with Gasteiger partial charge in [0.25, 0.3) is 0 Å². The number of rotatable bonds is 2. The summed E-state index contributed by atoms with van der Waals surface area (Å²) in [6.45, 7) is 0.570. The minimum absolute atomic E-state index is 0. The molecular weight excluding hydrogens is 325 g/mol. The van der Waals surface area contributed by atoms with E-state index < -0.39 is 11.9 Å². The Hall–Kier alpha value is -1.59. The molecule has 0 saturated heterocycles. The summed E-state index contributed by atoms with van der Waals surface area (Å²) in [6.07, 6.45) is -0.267. The van der Waals surface area contributed by atoms with E-state index in [0.29, 0.717) is 18.0 Å². The van der Waals surface area contributed by atoms with Gasteiger partial charge >= 0.3 is 6.18 Å². The van der Waals surface area contributed by atoms with Crippen LogP contribution in [0, 0.1) is 0 Å². The quantitative estimate of drug-likeness (QED) is 0.868. The Morgan fingerprint density at radius 3 is 2.70 bits per heavy atom. The first-order valence-corrected chi connectivity index (χ1v) is 7.36. The lowest BCUT2D eigenvalue weighted by atomic mass is 9.79. The Bertz CT molecular complexity index is 686. The Morgan fingerprint density at radius 1 is 1.22 bits per heavy atom. The third-order valence-electron chi connectivity index (χ3n) is 4.28. The summed E-state index contributed by atoms with van der Waals surface area (Å²) in [5.41, 5.74) is 8.71. The number of nitrogens with two attached hydrogens (primary N) is 1. The fourth-order valence-corrected chi connectivity index (χ4v) is 3.22. The van der Waals surface area contributed by atoms with E-state index in [0.717, 1.165) is 36.5 Å². The van der Waals surface area contributed by atoms with Gasteiger partial charge in [0.1, 0.15) is 5.69 Å². The summed E-state index contributed by atoms with van der Waals surface area (Å²) in [5, 5.41) is 0. The predicted octanol–water partition coefficient (Wildman–Crippen LogP) is 4.57. The molecule has 1 atom stereocenters. The highest BCUT2D eigenvalue weighted by molar-refractivity contribution is 5.85. The molecule has 0 radical (unpaired) electrons. The van der Waals surface area contributed by atoms with Crippen LogP contribution in [0.5, 0.6) is 0 Å². The SMILES string of the molecule is Cl.NCC1CCCc2c(-c3ccnc(C(F)(F)F)c3)cccc21. The second-order valence-corrected chi connectivity index (χ2v) is 5.63. The first kappa shape index (κ1) is 17.8. The van der Waals surface area contributed by atoms with E-state index in [4.69, 9.17) is 5.73 Å². The van der Waals surface area contributed by atoms with Crippen molar-refractivity contribution >= 4 is 12.4 Å². The van der Waals surface area contributed by atoms with Crippen molar-refractivity contribution in [1.82, 2.24) is 4.98 Å². The molecule has 0 spiro atoms. The van der Waals surface area contributed by atoms with Crippen LogP contribution in [-0.4, -0.2) is 11.5 Å². The second kappa shape index (κ2) is 6.89. The van der Waals surface area contributed by atoms with Crippen LogP contribution >= 0.6 is 12.4 Å². The maximum Gasteiger partial charge on any atom is 0.433 e. The molecule has 3 rings (SSSR count). The fraction of sp³-hybridized carbons (Fsp3) is 0.353. The van der Waals surface area contributed by atoms with Crippen molar-refractivity contribution in [3.05, 3.63) is 53.3 Å². The summed E-state index contributed by atoms with van der Waals surface area (Å²) >= 11 is 0. The molecule has 1 unspecified atom stereocenters. The van der Waals surface area contributed by atoms with Crippen LogP contribution < -0.4 is 5.73 Å². The Kier molecular flexibility index (Phi) is 5.32. The van der Waals surface area contributed by atoms with Crippen LogP contribution in [-0.2, 0) is 12.6 Å². The van der Waals surface area contributed by atoms with Gasteiger partial charge in [-0.15, -0.1) is 12.4 Å².